The van der Waals surface area contributed by atoms with Crippen LogP contribution in [-0.4, -0.2) is 64.7 Å². The molecule has 0 bridgehead atoms. The molecular weight excluding hydrogens is 314 g/mol. The van der Waals surface area contributed by atoms with Crippen molar-refractivity contribution in [1.29, 1.82) is 0 Å². The van der Waals surface area contributed by atoms with Gasteiger partial charge in [-0.15, -0.1) is 0 Å². The molecule has 23 heavy (non-hydrogen) atoms. The van der Waals surface area contributed by atoms with Gasteiger partial charge in [0.15, 0.2) is 0 Å². The Morgan fingerprint density at radius 3 is 2.70 bits per heavy atom. The van der Waals surface area contributed by atoms with E-state index in [0.717, 1.165) is 31.8 Å². The number of sulfonamides is 1. The molecule has 2 atom stereocenters. The van der Waals surface area contributed by atoms with Gasteiger partial charge in [0, 0.05) is 26.2 Å². The van der Waals surface area contributed by atoms with Crippen molar-refractivity contribution in [3.05, 3.63) is 12.2 Å². The number of aromatic nitrogens is 3. The molecule has 3 rings (SSSR count). The van der Waals surface area contributed by atoms with Crippen molar-refractivity contribution in [3.63, 3.8) is 0 Å². The fourth-order valence-electron chi connectivity index (χ4n) is 3.80. The number of nitrogens with zero attached hydrogens (tertiary/aromatic N) is 4. The quantitative estimate of drug-likeness (QED) is 0.866. The van der Waals surface area contributed by atoms with Crippen LogP contribution in [0.1, 0.15) is 38.4 Å². The van der Waals surface area contributed by atoms with Crippen LogP contribution in [0.2, 0.25) is 0 Å². The average Bonchev–Trinajstić information content (AvgIpc) is 3.00. The standard InChI is InChI=1S/C15H27N5O2S/c1-13-3-2-4-14(9-13)11-23(21,22)20-7-5-19(6-8-20)10-15-16-12-17-18-15/h12-14H,2-11H2,1H3,(H,16,17,18). The number of hydrogen-bond acceptors (Lipinski definition) is 5. The van der Waals surface area contributed by atoms with Crippen LogP contribution in [0.5, 0.6) is 0 Å². The van der Waals surface area contributed by atoms with E-state index in [0.29, 0.717) is 37.2 Å². The van der Waals surface area contributed by atoms with E-state index in [4.69, 9.17) is 0 Å². The molecule has 1 saturated carbocycles. The van der Waals surface area contributed by atoms with E-state index in [1.165, 1.54) is 19.2 Å². The first kappa shape index (κ1) is 16.9. The molecule has 1 aliphatic heterocycles. The lowest BCUT2D eigenvalue weighted by atomic mass is 9.83. The second-order valence-corrected chi connectivity index (χ2v) is 9.04. The fraction of sp³-hybridized carbons (Fsp3) is 0.867. The molecule has 2 unspecified atom stereocenters. The van der Waals surface area contributed by atoms with Gasteiger partial charge >= 0.3 is 0 Å². The van der Waals surface area contributed by atoms with E-state index in [1.807, 2.05) is 0 Å². The maximum absolute atomic E-state index is 12.7. The Hall–Kier alpha value is -0.990. The second-order valence-electron chi connectivity index (χ2n) is 7.02. The first-order valence-corrected chi connectivity index (χ1v) is 10.2. The molecule has 1 N–H and O–H groups in total. The monoisotopic (exact) mass is 341 g/mol. The molecule has 2 heterocycles. The third-order valence-electron chi connectivity index (χ3n) is 5.05. The minimum atomic E-state index is -3.12. The van der Waals surface area contributed by atoms with Crippen LogP contribution in [-0.2, 0) is 16.6 Å². The van der Waals surface area contributed by atoms with E-state index in [2.05, 4.69) is 27.0 Å². The van der Waals surface area contributed by atoms with Crippen LogP contribution in [0, 0.1) is 11.8 Å². The molecule has 1 aliphatic carbocycles. The van der Waals surface area contributed by atoms with E-state index in [9.17, 15) is 8.42 Å². The summed E-state index contributed by atoms with van der Waals surface area (Å²) in [6.45, 7) is 5.61. The summed E-state index contributed by atoms with van der Waals surface area (Å²) < 4.78 is 27.0. The number of H-pyrrole nitrogens is 1. The smallest absolute Gasteiger partial charge is 0.214 e. The highest BCUT2D eigenvalue weighted by atomic mass is 32.2. The zero-order chi connectivity index (χ0) is 16.3. The van der Waals surface area contributed by atoms with Gasteiger partial charge in [0.1, 0.15) is 12.2 Å². The summed E-state index contributed by atoms with van der Waals surface area (Å²) in [4.78, 5) is 6.34. The normalized spacial score (nSPS) is 28.0. The number of hydrogen-bond donors (Lipinski definition) is 1. The highest BCUT2D eigenvalue weighted by Crippen LogP contribution is 2.30. The summed E-state index contributed by atoms with van der Waals surface area (Å²) in [6.07, 6.45) is 6.05. The van der Waals surface area contributed by atoms with Crippen LogP contribution >= 0.6 is 0 Å². The average molecular weight is 341 g/mol. The van der Waals surface area contributed by atoms with Gasteiger partial charge in [-0.1, -0.05) is 19.8 Å². The second kappa shape index (κ2) is 7.27. The topological polar surface area (TPSA) is 82.2 Å². The molecule has 8 heteroatoms. The van der Waals surface area contributed by atoms with Crippen molar-refractivity contribution in [3.8, 4) is 0 Å². The van der Waals surface area contributed by atoms with E-state index < -0.39 is 10.0 Å². The molecule has 7 nitrogen and oxygen atoms in total. The summed E-state index contributed by atoms with van der Waals surface area (Å²) in [6, 6.07) is 0. The summed E-state index contributed by atoms with van der Waals surface area (Å²) in [5, 5.41) is 6.69. The van der Waals surface area contributed by atoms with Crippen molar-refractivity contribution in [2.75, 3.05) is 31.9 Å². The first-order valence-electron chi connectivity index (χ1n) is 8.57. The molecule has 130 valence electrons. The molecular formula is C15H27N5O2S. The van der Waals surface area contributed by atoms with Gasteiger partial charge in [-0.3, -0.25) is 10.00 Å². The SMILES string of the molecule is CC1CCCC(CS(=O)(=O)N2CCN(Cc3ncn[nH]3)CC2)C1. The lowest BCUT2D eigenvalue weighted by Gasteiger charge is -2.35. The van der Waals surface area contributed by atoms with Crippen LogP contribution < -0.4 is 0 Å². The predicted molar refractivity (Wildman–Crippen MR) is 88.1 cm³/mol. The Morgan fingerprint density at radius 2 is 2.04 bits per heavy atom. The Labute approximate surface area is 138 Å². The van der Waals surface area contributed by atoms with Crippen molar-refractivity contribution < 1.29 is 8.42 Å². The number of aromatic amines is 1. The maximum Gasteiger partial charge on any atom is 0.214 e. The van der Waals surface area contributed by atoms with Gasteiger partial charge in [0.2, 0.25) is 10.0 Å². The Kier molecular flexibility index (Phi) is 5.33. The summed E-state index contributed by atoms with van der Waals surface area (Å²) in [7, 11) is -3.12. The van der Waals surface area contributed by atoms with Gasteiger partial charge in [-0.2, -0.15) is 9.40 Å². The fourth-order valence-corrected chi connectivity index (χ4v) is 5.63. The molecule has 1 aromatic heterocycles. The maximum atomic E-state index is 12.7. The summed E-state index contributed by atoms with van der Waals surface area (Å²) in [5.74, 6) is 2.18. The predicted octanol–water partition coefficient (Wildman–Crippen LogP) is 1.08. The van der Waals surface area contributed by atoms with Crippen LogP contribution in [0.4, 0.5) is 0 Å². The van der Waals surface area contributed by atoms with Crippen molar-refractivity contribution in [2.45, 2.75) is 39.2 Å². The lowest BCUT2D eigenvalue weighted by molar-refractivity contribution is 0.177. The van der Waals surface area contributed by atoms with Crippen LogP contribution in [0.25, 0.3) is 0 Å². The van der Waals surface area contributed by atoms with Crippen LogP contribution in [0.3, 0.4) is 0 Å². The minimum absolute atomic E-state index is 0.333. The van der Waals surface area contributed by atoms with E-state index >= 15 is 0 Å². The van der Waals surface area contributed by atoms with Gasteiger partial charge < -0.3 is 0 Å². The highest BCUT2D eigenvalue weighted by molar-refractivity contribution is 7.89. The highest BCUT2D eigenvalue weighted by Gasteiger charge is 2.31. The van der Waals surface area contributed by atoms with Crippen molar-refractivity contribution >= 4 is 10.0 Å². The molecule has 1 saturated heterocycles. The lowest BCUT2D eigenvalue weighted by Crippen LogP contribution is -2.49. The van der Waals surface area contributed by atoms with E-state index in [1.54, 1.807) is 4.31 Å². The summed E-state index contributed by atoms with van der Waals surface area (Å²) in [5.41, 5.74) is 0. The zero-order valence-electron chi connectivity index (χ0n) is 13.8. The molecule has 0 amide bonds. The third-order valence-corrected chi connectivity index (χ3v) is 7.10. The van der Waals surface area contributed by atoms with E-state index in [-0.39, 0.29) is 0 Å². The van der Waals surface area contributed by atoms with Crippen molar-refractivity contribution in [2.24, 2.45) is 11.8 Å². The Bertz CT molecular complexity index is 581. The van der Waals surface area contributed by atoms with Gasteiger partial charge in [0.25, 0.3) is 0 Å². The number of piperazine rings is 1. The number of rotatable bonds is 5. The summed E-state index contributed by atoms with van der Waals surface area (Å²) >= 11 is 0. The molecule has 0 aromatic carbocycles. The van der Waals surface area contributed by atoms with Gasteiger partial charge in [0.05, 0.1) is 12.3 Å². The Balaban J connectivity index is 1.49. The first-order chi connectivity index (χ1) is 11.0. The van der Waals surface area contributed by atoms with Crippen LogP contribution in [0.15, 0.2) is 6.33 Å². The molecule has 1 aromatic rings. The number of nitrogens with one attached hydrogen (secondary N) is 1. The third kappa shape index (κ3) is 4.51. The minimum Gasteiger partial charge on any atom is -0.293 e. The molecule has 2 fully saturated rings. The van der Waals surface area contributed by atoms with Gasteiger partial charge in [-0.05, 0) is 24.7 Å². The molecule has 2 aliphatic rings. The largest absolute Gasteiger partial charge is 0.293 e. The Morgan fingerprint density at radius 1 is 1.26 bits per heavy atom. The van der Waals surface area contributed by atoms with Gasteiger partial charge in [-0.25, -0.2) is 13.4 Å². The molecule has 0 radical (unpaired) electrons. The molecule has 0 spiro atoms. The zero-order valence-corrected chi connectivity index (χ0v) is 14.6. The van der Waals surface area contributed by atoms with Crippen molar-refractivity contribution in [1.82, 2.24) is 24.4 Å².